The lowest BCUT2D eigenvalue weighted by Crippen LogP contribution is -2.54. The zero-order chi connectivity index (χ0) is 23.9. The highest BCUT2D eigenvalue weighted by Crippen LogP contribution is 2.20. The molecule has 1 unspecified atom stereocenters. The van der Waals surface area contributed by atoms with Gasteiger partial charge in [-0.2, -0.15) is 0 Å². The fourth-order valence-electron chi connectivity index (χ4n) is 3.52. The summed E-state index contributed by atoms with van der Waals surface area (Å²) < 4.78 is 5.80. The predicted octanol–water partition coefficient (Wildman–Crippen LogP) is 5.22. The van der Waals surface area contributed by atoms with E-state index in [1.54, 1.807) is 4.90 Å². The molecule has 0 saturated heterocycles. The van der Waals surface area contributed by atoms with Gasteiger partial charge in [-0.3, -0.25) is 9.59 Å². The first kappa shape index (κ1) is 25.4. The SMILES string of the molecule is CCC(C(=O)NC(C)(C)C)N(Cc1ccccc1C)C(=O)COc1ccc(C(C)C)cc1. The Kier molecular flexibility index (Phi) is 8.88. The van der Waals surface area contributed by atoms with Crippen molar-refractivity contribution >= 4 is 11.8 Å². The molecule has 1 N–H and O–H groups in total. The molecule has 0 bridgehead atoms. The summed E-state index contributed by atoms with van der Waals surface area (Å²) in [6, 6.07) is 15.2. The molecule has 0 heterocycles. The summed E-state index contributed by atoms with van der Waals surface area (Å²) in [5.74, 6) is 0.716. The van der Waals surface area contributed by atoms with Crippen molar-refractivity contribution in [2.24, 2.45) is 0 Å². The van der Waals surface area contributed by atoms with Crippen molar-refractivity contribution in [3.8, 4) is 5.75 Å². The second-order valence-corrected chi connectivity index (χ2v) is 9.62. The number of ether oxygens (including phenoxy) is 1. The molecule has 2 aromatic rings. The van der Waals surface area contributed by atoms with Crippen LogP contribution in [0, 0.1) is 6.92 Å². The molecule has 0 fully saturated rings. The molecule has 0 aromatic heterocycles. The van der Waals surface area contributed by atoms with Gasteiger partial charge in [-0.25, -0.2) is 0 Å². The number of aryl methyl sites for hydroxylation is 1. The van der Waals surface area contributed by atoms with Crippen molar-refractivity contribution in [2.45, 2.75) is 78.9 Å². The summed E-state index contributed by atoms with van der Waals surface area (Å²) in [5.41, 5.74) is 2.94. The van der Waals surface area contributed by atoms with Crippen LogP contribution in [0.1, 0.15) is 70.6 Å². The van der Waals surface area contributed by atoms with Crippen LogP contribution in [0.5, 0.6) is 5.75 Å². The highest BCUT2D eigenvalue weighted by Gasteiger charge is 2.31. The van der Waals surface area contributed by atoms with E-state index in [-0.39, 0.29) is 24.0 Å². The molecule has 2 amide bonds. The molecule has 1 atom stereocenters. The molecule has 0 aliphatic heterocycles. The molecule has 0 radical (unpaired) electrons. The number of carbonyl (C=O) groups is 2. The monoisotopic (exact) mass is 438 g/mol. The third-order valence-corrected chi connectivity index (χ3v) is 5.40. The van der Waals surface area contributed by atoms with Crippen LogP contribution in [0.3, 0.4) is 0 Å². The van der Waals surface area contributed by atoms with Crippen LogP contribution in [-0.2, 0) is 16.1 Å². The Morgan fingerprint density at radius 3 is 2.19 bits per heavy atom. The Hall–Kier alpha value is -2.82. The minimum Gasteiger partial charge on any atom is -0.484 e. The van der Waals surface area contributed by atoms with E-state index in [0.29, 0.717) is 24.6 Å². The lowest BCUT2D eigenvalue weighted by atomic mass is 10.0. The molecule has 0 spiro atoms. The summed E-state index contributed by atoms with van der Waals surface area (Å²) in [6.45, 7) is 14.3. The van der Waals surface area contributed by atoms with Crippen LogP contribution in [0.4, 0.5) is 0 Å². The van der Waals surface area contributed by atoms with Gasteiger partial charge in [0, 0.05) is 12.1 Å². The summed E-state index contributed by atoms with van der Waals surface area (Å²) in [5, 5.41) is 3.02. The lowest BCUT2D eigenvalue weighted by Gasteiger charge is -2.33. The van der Waals surface area contributed by atoms with E-state index in [1.165, 1.54) is 5.56 Å². The molecule has 0 aliphatic carbocycles. The van der Waals surface area contributed by atoms with Gasteiger partial charge in [-0.15, -0.1) is 0 Å². The van der Waals surface area contributed by atoms with Crippen molar-refractivity contribution in [1.82, 2.24) is 10.2 Å². The van der Waals surface area contributed by atoms with E-state index < -0.39 is 6.04 Å². The van der Waals surface area contributed by atoms with Crippen molar-refractivity contribution < 1.29 is 14.3 Å². The van der Waals surface area contributed by atoms with Gasteiger partial charge < -0.3 is 15.0 Å². The quantitative estimate of drug-likeness (QED) is 0.584. The second-order valence-electron chi connectivity index (χ2n) is 9.62. The molecule has 0 aliphatic rings. The summed E-state index contributed by atoms with van der Waals surface area (Å²) >= 11 is 0. The van der Waals surface area contributed by atoms with Gasteiger partial charge >= 0.3 is 0 Å². The molecule has 5 nitrogen and oxygen atoms in total. The largest absolute Gasteiger partial charge is 0.484 e. The Morgan fingerprint density at radius 1 is 1.03 bits per heavy atom. The number of carbonyl (C=O) groups excluding carboxylic acids is 2. The molecular weight excluding hydrogens is 400 g/mol. The fourth-order valence-corrected chi connectivity index (χ4v) is 3.52. The number of benzene rings is 2. The summed E-state index contributed by atoms with van der Waals surface area (Å²) in [7, 11) is 0. The molecule has 32 heavy (non-hydrogen) atoms. The van der Waals surface area contributed by atoms with Crippen molar-refractivity contribution in [1.29, 1.82) is 0 Å². The van der Waals surface area contributed by atoms with Gasteiger partial charge in [-0.1, -0.05) is 57.2 Å². The van der Waals surface area contributed by atoms with Crippen LogP contribution < -0.4 is 10.1 Å². The maximum Gasteiger partial charge on any atom is 0.261 e. The first-order chi connectivity index (χ1) is 15.0. The number of nitrogens with one attached hydrogen (secondary N) is 1. The second kappa shape index (κ2) is 11.2. The number of amides is 2. The van der Waals surface area contributed by atoms with Crippen molar-refractivity contribution in [2.75, 3.05) is 6.61 Å². The maximum absolute atomic E-state index is 13.3. The third-order valence-electron chi connectivity index (χ3n) is 5.40. The number of hydrogen-bond donors (Lipinski definition) is 1. The first-order valence-corrected chi connectivity index (χ1v) is 11.4. The Balaban J connectivity index is 2.22. The van der Waals surface area contributed by atoms with E-state index in [1.807, 2.05) is 83.1 Å². The average molecular weight is 439 g/mol. The number of nitrogens with zero attached hydrogens (tertiary/aromatic N) is 1. The van der Waals surface area contributed by atoms with Crippen LogP contribution in [-0.4, -0.2) is 34.9 Å². The fraction of sp³-hybridized carbons (Fsp3) is 0.481. The maximum atomic E-state index is 13.3. The minimum absolute atomic E-state index is 0.119. The van der Waals surface area contributed by atoms with E-state index in [2.05, 4.69) is 19.2 Å². The Labute approximate surface area is 193 Å². The van der Waals surface area contributed by atoms with Gasteiger partial charge in [-0.05, 0) is 68.9 Å². The molecule has 2 aromatic carbocycles. The summed E-state index contributed by atoms with van der Waals surface area (Å²) in [6.07, 6.45) is 0.516. The van der Waals surface area contributed by atoms with Crippen molar-refractivity contribution in [3.63, 3.8) is 0 Å². The zero-order valence-electron chi connectivity index (χ0n) is 20.6. The van der Waals surface area contributed by atoms with Crippen molar-refractivity contribution in [3.05, 3.63) is 65.2 Å². The number of rotatable bonds is 9. The number of hydrogen-bond acceptors (Lipinski definition) is 3. The standard InChI is InChI=1S/C27H38N2O3/c1-8-24(26(31)28-27(5,6)7)29(17-22-12-10-9-11-20(22)4)25(30)18-32-23-15-13-21(14-16-23)19(2)3/h9-16,19,24H,8,17-18H2,1-7H3,(H,28,31). The minimum atomic E-state index is -0.576. The van der Waals surface area contributed by atoms with Gasteiger partial charge in [0.05, 0.1) is 0 Å². The predicted molar refractivity (Wildman–Crippen MR) is 130 cm³/mol. The molecule has 2 rings (SSSR count). The van der Waals surface area contributed by atoms with E-state index in [0.717, 1.165) is 11.1 Å². The molecule has 0 saturated carbocycles. The first-order valence-electron chi connectivity index (χ1n) is 11.4. The highest BCUT2D eigenvalue weighted by molar-refractivity contribution is 5.88. The Morgan fingerprint density at radius 2 is 1.66 bits per heavy atom. The lowest BCUT2D eigenvalue weighted by molar-refractivity contribution is -0.143. The third kappa shape index (κ3) is 7.40. The normalized spacial score (nSPS) is 12.4. The van der Waals surface area contributed by atoms with E-state index >= 15 is 0 Å². The van der Waals surface area contributed by atoms with Gasteiger partial charge in [0.2, 0.25) is 5.91 Å². The van der Waals surface area contributed by atoms with Crippen LogP contribution in [0.15, 0.2) is 48.5 Å². The van der Waals surface area contributed by atoms with Gasteiger partial charge in [0.1, 0.15) is 11.8 Å². The van der Waals surface area contributed by atoms with Crippen LogP contribution in [0.25, 0.3) is 0 Å². The van der Waals surface area contributed by atoms with Crippen LogP contribution in [0.2, 0.25) is 0 Å². The Bertz CT molecular complexity index is 898. The highest BCUT2D eigenvalue weighted by atomic mass is 16.5. The van der Waals surface area contributed by atoms with Crippen LogP contribution >= 0.6 is 0 Å². The smallest absolute Gasteiger partial charge is 0.261 e. The zero-order valence-corrected chi connectivity index (χ0v) is 20.6. The van der Waals surface area contributed by atoms with E-state index in [4.69, 9.17) is 4.74 Å². The van der Waals surface area contributed by atoms with Gasteiger partial charge in [0.15, 0.2) is 6.61 Å². The molecule has 174 valence electrons. The summed E-state index contributed by atoms with van der Waals surface area (Å²) in [4.78, 5) is 28.0. The topological polar surface area (TPSA) is 58.6 Å². The molecule has 5 heteroatoms. The van der Waals surface area contributed by atoms with E-state index in [9.17, 15) is 9.59 Å². The average Bonchev–Trinajstić information content (AvgIpc) is 2.72. The molecular formula is C27H38N2O3. The van der Waals surface area contributed by atoms with Gasteiger partial charge in [0.25, 0.3) is 5.91 Å².